The molecule has 0 radical (unpaired) electrons. The molecule has 5 nitrogen and oxygen atoms in total. The van der Waals surface area contributed by atoms with E-state index in [2.05, 4.69) is 57.4 Å². The number of benzene rings is 1. The van der Waals surface area contributed by atoms with Gasteiger partial charge in [0.15, 0.2) is 0 Å². The second-order valence-electron chi connectivity index (χ2n) is 9.53. The van der Waals surface area contributed by atoms with Crippen molar-refractivity contribution in [3.8, 4) is 0 Å². The summed E-state index contributed by atoms with van der Waals surface area (Å²) >= 11 is 3.77. The van der Waals surface area contributed by atoms with Gasteiger partial charge in [-0.05, 0) is 49.2 Å². The minimum Gasteiger partial charge on any atom is -0.352 e. The second kappa shape index (κ2) is 16.0. The number of nitrogens with zero attached hydrogens (tertiary/aromatic N) is 1. The summed E-state index contributed by atoms with van der Waals surface area (Å²) in [4.78, 5) is 15.7. The fourth-order valence-electron chi connectivity index (χ4n) is 4.82. The molecule has 0 aromatic heterocycles. The summed E-state index contributed by atoms with van der Waals surface area (Å²) in [6, 6.07) is 10.9. The van der Waals surface area contributed by atoms with Crippen molar-refractivity contribution in [2.24, 2.45) is 5.92 Å². The number of nitrogens with one attached hydrogen (secondary N) is 3. The van der Waals surface area contributed by atoms with Crippen molar-refractivity contribution in [3.05, 3.63) is 35.9 Å². The minimum absolute atomic E-state index is 0.1000. The first-order chi connectivity index (χ1) is 16.2. The molecule has 1 atom stereocenters. The first-order valence-corrected chi connectivity index (χ1v) is 15.4. The van der Waals surface area contributed by atoms with Crippen molar-refractivity contribution in [1.29, 1.82) is 0 Å². The van der Waals surface area contributed by atoms with Gasteiger partial charge in [-0.1, -0.05) is 49.6 Å². The molecule has 7 heteroatoms. The highest BCUT2D eigenvalue weighted by Crippen LogP contribution is 2.27. The third-order valence-electron chi connectivity index (χ3n) is 6.80. The van der Waals surface area contributed by atoms with Crippen LogP contribution in [0.2, 0.25) is 0 Å². The zero-order valence-corrected chi connectivity index (χ0v) is 22.0. The van der Waals surface area contributed by atoms with Crippen molar-refractivity contribution in [1.82, 2.24) is 20.9 Å². The Kier molecular flexibility index (Phi) is 13.1. The molecule has 1 aromatic rings. The van der Waals surface area contributed by atoms with Gasteiger partial charge in [0.2, 0.25) is 5.91 Å². The van der Waals surface area contributed by atoms with Crippen molar-refractivity contribution >= 4 is 29.4 Å². The van der Waals surface area contributed by atoms with Gasteiger partial charge in [-0.15, -0.1) is 11.8 Å². The number of hydrogen-bond donors (Lipinski definition) is 3. The Balaban J connectivity index is 1.40. The van der Waals surface area contributed by atoms with Crippen LogP contribution in [0.5, 0.6) is 0 Å². The predicted molar refractivity (Wildman–Crippen MR) is 145 cm³/mol. The quantitative estimate of drug-likeness (QED) is 0.270. The molecule has 2 fully saturated rings. The van der Waals surface area contributed by atoms with Crippen molar-refractivity contribution < 1.29 is 4.79 Å². The van der Waals surface area contributed by atoms with Crippen LogP contribution in [-0.2, 0) is 11.3 Å². The zero-order valence-electron chi connectivity index (χ0n) is 20.4. The van der Waals surface area contributed by atoms with Crippen LogP contribution in [0.3, 0.4) is 0 Å². The maximum absolute atomic E-state index is 13.2. The molecular formula is C26H44N4OS2. The van der Waals surface area contributed by atoms with Crippen molar-refractivity contribution in [3.63, 3.8) is 0 Å². The molecule has 1 amide bonds. The van der Waals surface area contributed by atoms with Gasteiger partial charge in [0.25, 0.3) is 0 Å². The molecule has 2 aliphatic rings. The van der Waals surface area contributed by atoms with Crippen LogP contribution >= 0.6 is 23.5 Å². The molecule has 0 bridgehead atoms. The molecule has 1 aliphatic heterocycles. The molecule has 3 N–H and O–H groups in total. The average Bonchev–Trinajstić information content (AvgIpc) is 2.85. The number of likely N-dealkylation sites (tertiary alicyclic amines) is 1. The molecule has 1 aromatic carbocycles. The maximum atomic E-state index is 13.2. The van der Waals surface area contributed by atoms with Crippen LogP contribution in [0.15, 0.2) is 30.3 Å². The summed E-state index contributed by atoms with van der Waals surface area (Å²) in [6.45, 7) is 4.83. The summed E-state index contributed by atoms with van der Waals surface area (Å²) in [6.07, 6.45) is 11.1. The van der Waals surface area contributed by atoms with E-state index in [9.17, 15) is 4.79 Å². The van der Waals surface area contributed by atoms with E-state index in [1.165, 1.54) is 43.4 Å². The van der Waals surface area contributed by atoms with Gasteiger partial charge >= 0.3 is 0 Å². The monoisotopic (exact) mass is 492 g/mol. The normalized spacial score (nSPS) is 19.4. The van der Waals surface area contributed by atoms with Crippen LogP contribution in [0.25, 0.3) is 0 Å². The molecule has 1 heterocycles. The van der Waals surface area contributed by atoms with E-state index < -0.39 is 0 Å². The Hall–Kier alpha value is -0.730. The standard InChI is InChI=1S/C26H44N4OS2/c1-32-21-27-14-15-28-25(20-33-19-23-10-6-3-7-11-23)26(31)29-24-12-16-30(17-13-24)18-22-8-4-2-5-9-22/h2,4-5,8-9,23-25,27-28H,3,6-7,10-21H2,1H3,(H,29,31). The smallest absolute Gasteiger partial charge is 0.238 e. The van der Waals surface area contributed by atoms with E-state index in [-0.39, 0.29) is 11.9 Å². The lowest BCUT2D eigenvalue weighted by atomic mass is 9.91. The first-order valence-electron chi connectivity index (χ1n) is 12.8. The van der Waals surface area contributed by atoms with Gasteiger partial charge in [-0.3, -0.25) is 9.69 Å². The number of carbonyl (C=O) groups is 1. The van der Waals surface area contributed by atoms with E-state index in [0.717, 1.165) is 63.1 Å². The van der Waals surface area contributed by atoms with Gasteiger partial charge in [-0.25, -0.2) is 0 Å². The van der Waals surface area contributed by atoms with E-state index in [1.54, 1.807) is 11.8 Å². The number of hydrogen-bond acceptors (Lipinski definition) is 6. The lowest BCUT2D eigenvalue weighted by Crippen LogP contribution is -2.52. The molecule has 186 valence electrons. The largest absolute Gasteiger partial charge is 0.352 e. The Morgan fingerprint density at radius 3 is 2.55 bits per heavy atom. The van der Waals surface area contributed by atoms with Gasteiger partial charge in [0, 0.05) is 50.4 Å². The van der Waals surface area contributed by atoms with E-state index >= 15 is 0 Å². The predicted octanol–water partition coefficient (Wildman–Crippen LogP) is 3.95. The summed E-state index contributed by atoms with van der Waals surface area (Å²) in [7, 11) is 0. The third-order valence-corrected chi connectivity index (χ3v) is 8.57. The van der Waals surface area contributed by atoms with Gasteiger partial charge in [-0.2, -0.15) is 11.8 Å². The average molecular weight is 493 g/mol. The highest BCUT2D eigenvalue weighted by Gasteiger charge is 2.25. The molecule has 1 saturated heterocycles. The highest BCUT2D eigenvalue weighted by molar-refractivity contribution is 7.99. The summed E-state index contributed by atoms with van der Waals surface area (Å²) in [5.41, 5.74) is 1.37. The lowest BCUT2D eigenvalue weighted by molar-refractivity contribution is -0.123. The number of thioether (sulfide) groups is 2. The van der Waals surface area contributed by atoms with Gasteiger partial charge < -0.3 is 16.0 Å². The van der Waals surface area contributed by atoms with E-state index in [0.29, 0.717) is 6.04 Å². The van der Waals surface area contributed by atoms with Crippen LogP contribution in [-0.4, -0.2) is 72.7 Å². The molecule has 3 rings (SSSR count). The Bertz CT molecular complexity index is 649. The molecule has 1 aliphatic carbocycles. The maximum Gasteiger partial charge on any atom is 0.238 e. The van der Waals surface area contributed by atoms with Crippen molar-refractivity contribution in [2.45, 2.75) is 63.6 Å². The highest BCUT2D eigenvalue weighted by atomic mass is 32.2. The van der Waals surface area contributed by atoms with Crippen LogP contribution < -0.4 is 16.0 Å². The van der Waals surface area contributed by atoms with Crippen molar-refractivity contribution in [2.75, 3.05) is 49.8 Å². The van der Waals surface area contributed by atoms with Crippen LogP contribution in [0.4, 0.5) is 0 Å². The van der Waals surface area contributed by atoms with Crippen LogP contribution in [0.1, 0.15) is 50.5 Å². The number of amides is 1. The van der Waals surface area contributed by atoms with Gasteiger partial charge in [0.1, 0.15) is 0 Å². The Morgan fingerprint density at radius 1 is 1.06 bits per heavy atom. The number of carbonyl (C=O) groups excluding carboxylic acids is 1. The topological polar surface area (TPSA) is 56.4 Å². The summed E-state index contributed by atoms with van der Waals surface area (Å²) in [5.74, 6) is 4.07. The third kappa shape index (κ3) is 10.6. The molecule has 0 spiro atoms. The first kappa shape index (κ1) is 26.9. The van der Waals surface area contributed by atoms with Crippen LogP contribution in [0, 0.1) is 5.92 Å². The summed E-state index contributed by atoms with van der Waals surface area (Å²) in [5, 5.41) is 10.3. The summed E-state index contributed by atoms with van der Waals surface area (Å²) < 4.78 is 0. The SMILES string of the molecule is CSCNCCNC(CSCC1CCCCC1)C(=O)NC1CCN(Cc2ccccc2)CC1. The Labute approximate surface area is 210 Å². The number of piperidine rings is 1. The number of rotatable bonds is 14. The molecule has 1 unspecified atom stereocenters. The van der Waals surface area contributed by atoms with Gasteiger partial charge in [0.05, 0.1) is 6.04 Å². The lowest BCUT2D eigenvalue weighted by Gasteiger charge is -2.33. The Morgan fingerprint density at radius 2 is 1.82 bits per heavy atom. The molecular weight excluding hydrogens is 448 g/mol. The van der Waals surface area contributed by atoms with E-state index in [1.807, 2.05) is 11.8 Å². The second-order valence-corrected chi connectivity index (χ2v) is 11.5. The molecule has 33 heavy (non-hydrogen) atoms. The fourth-order valence-corrected chi connectivity index (χ4v) is 6.48. The van der Waals surface area contributed by atoms with E-state index in [4.69, 9.17) is 0 Å². The zero-order chi connectivity index (χ0) is 23.1. The fraction of sp³-hybridized carbons (Fsp3) is 0.731. The minimum atomic E-state index is -0.1000. The molecule has 1 saturated carbocycles.